The highest BCUT2D eigenvalue weighted by Crippen LogP contribution is 2.16. The summed E-state index contributed by atoms with van der Waals surface area (Å²) in [5.41, 5.74) is 0. The Labute approximate surface area is 99.4 Å². The molecule has 1 amide bonds. The minimum Gasteiger partial charge on any atom is -0.478 e. The lowest BCUT2D eigenvalue weighted by Gasteiger charge is -2.15. The van der Waals surface area contributed by atoms with Gasteiger partial charge >= 0.3 is 0 Å². The Morgan fingerprint density at radius 3 is 2.71 bits per heavy atom. The van der Waals surface area contributed by atoms with E-state index in [0.29, 0.717) is 0 Å². The van der Waals surface area contributed by atoms with Crippen LogP contribution in [0.2, 0.25) is 0 Å². The van der Waals surface area contributed by atoms with Crippen LogP contribution in [-0.2, 0) is 4.79 Å². The third-order valence-electron chi connectivity index (χ3n) is 2.08. The fourth-order valence-corrected chi connectivity index (χ4v) is 1.18. The van der Waals surface area contributed by atoms with Crippen molar-refractivity contribution in [1.29, 1.82) is 0 Å². The number of amides is 1. The maximum absolute atomic E-state index is 13.2. The number of para-hydroxylation sites is 1. The van der Waals surface area contributed by atoms with Crippen LogP contribution >= 0.6 is 0 Å². The van der Waals surface area contributed by atoms with Crippen LogP contribution in [0.3, 0.4) is 0 Å². The third kappa shape index (κ3) is 4.40. The van der Waals surface area contributed by atoms with Crippen LogP contribution in [-0.4, -0.2) is 29.8 Å². The predicted molar refractivity (Wildman–Crippen MR) is 61.2 cm³/mol. The Morgan fingerprint density at radius 1 is 1.47 bits per heavy atom. The number of halogens is 1. The molecule has 0 bridgehead atoms. The first-order chi connectivity index (χ1) is 8.00. The summed E-state index contributed by atoms with van der Waals surface area (Å²) in [5.74, 6) is -0.871. The van der Waals surface area contributed by atoms with Gasteiger partial charge in [-0.25, -0.2) is 4.39 Å². The predicted octanol–water partition coefficient (Wildman–Crippen LogP) is 1.09. The van der Waals surface area contributed by atoms with Gasteiger partial charge in [-0.05, 0) is 26.0 Å². The van der Waals surface area contributed by atoms with Gasteiger partial charge in [-0.3, -0.25) is 4.79 Å². The zero-order valence-electron chi connectivity index (χ0n) is 9.81. The SMILES string of the molecule is CC(O)CNC(=O)C(C)Oc1ccccc1F. The van der Waals surface area contributed by atoms with Crippen LogP contribution in [0.25, 0.3) is 0 Å². The summed E-state index contributed by atoms with van der Waals surface area (Å²) in [4.78, 5) is 11.5. The molecule has 0 saturated carbocycles. The number of carbonyl (C=O) groups is 1. The second-order valence-corrected chi connectivity index (χ2v) is 3.78. The summed E-state index contributed by atoms with van der Waals surface area (Å²) in [7, 11) is 0. The molecule has 4 nitrogen and oxygen atoms in total. The minimum atomic E-state index is -0.814. The van der Waals surface area contributed by atoms with Gasteiger partial charge in [0.2, 0.25) is 0 Å². The molecule has 0 aliphatic rings. The second kappa shape index (κ2) is 6.20. The van der Waals surface area contributed by atoms with Gasteiger partial charge in [-0.15, -0.1) is 0 Å². The number of nitrogens with one attached hydrogen (secondary N) is 1. The minimum absolute atomic E-state index is 0.0344. The molecule has 94 valence electrons. The van der Waals surface area contributed by atoms with Crippen molar-refractivity contribution >= 4 is 5.91 Å². The maximum atomic E-state index is 13.2. The third-order valence-corrected chi connectivity index (χ3v) is 2.08. The summed E-state index contributed by atoms with van der Waals surface area (Å²) >= 11 is 0. The van der Waals surface area contributed by atoms with E-state index in [2.05, 4.69) is 5.32 Å². The quantitative estimate of drug-likeness (QED) is 0.811. The van der Waals surface area contributed by atoms with Gasteiger partial charge in [0.15, 0.2) is 17.7 Å². The lowest BCUT2D eigenvalue weighted by molar-refractivity contribution is -0.127. The number of aliphatic hydroxyl groups excluding tert-OH is 1. The van der Waals surface area contributed by atoms with Gasteiger partial charge in [-0.1, -0.05) is 12.1 Å². The highest BCUT2D eigenvalue weighted by atomic mass is 19.1. The molecule has 1 rings (SSSR count). The van der Waals surface area contributed by atoms with Crippen molar-refractivity contribution in [2.24, 2.45) is 0 Å². The van der Waals surface area contributed by atoms with E-state index >= 15 is 0 Å². The topological polar surface area (TPSA) is 58.6 Å². The molecule has 0 aromatic heterocycles. The molecule has 5 heteroatoms. The number of hydrogen-bond donors (Lipinski definition) is 2. The van der Waals surface area contributed by atoms with E-state index in [1.54, 1.807) is 19.1 Å². The first-order valence-corrected chi connectivity index (χ1v) is 5.37. The molecule has 0 heterocycles. The van der Waals surface area contributed by atoms with Gasteiger partial charge in [-0.2, -0.15) is 0 Å². The molecular formula is C12H16FNO3. The Balaban J connectivity index is 2.51. The number of carbonyl (C=O) groups excluding carboxylic acids is 1. The van der Waals surface area contributed by atoms with Crippen LogP contribution in [0.1, 0.15) is 13.8 Å². The molecule has 0 spiro atoms. The summed E-state index contributed by atoms with van der Waals surface area (Å²) in [6.45, 7) is 3.22. The molecule has 0 fully saturated rings. The van der Waals surface area contributed by atoms with Crippen LogP contribution in [0.4, 0.5) is 4.39 Å². The molecule has 1 aromatic carbocycles. The molecule has 17 heavy (non-hydrogen) atoms. The van der Waals surface area contributed by atoms with Gasteiger partial charge in [0.25, 0.3) is 5.91 Å². The fraction of sp³-hybridized carbons (Fsp3) is 0.417. The highest BCUT2D eigenvalue weighted by Gasteiger charge is 2.16. The number of rotatable bonds is 5. The van der Waals surface area contributed by atoms with E-state index in [1.165, 1.54) is 19.1 Å². The normalized spacial score (nSPS) is 13.9. The Hall–Kier alpha value is -1.62. The van der Waals surface area contributed by atoms with Gasteiger partial charge in [0.05, 0.1) is 6.10 Å². The molecule has 0 saturated heterocycles. The molecule has 0 radical (unpaired) electrons. The summed E-state index contributed by atoms with van der Waals surface area (Å²) in [5, 5.41) is 11.5. The van der Waals surface area contributed by atoms with E-state index in [1.807, 2.05) is 0 Å². The zero-order chi connectivity index (χ0) is 12.8. The van der Waals surface area contributed by atoms with Crippen LogP contribution < -0.4 is 10.1 Å². The van der Waals surface area contributed by atoms with E-state index in [0.717, 1.165) is 0 Å². The van der Waals surface area contributed by atoms with Crippen molar-refractivity contribution < 1.29 is 19.0 Å². The van der Waals surface area contributed by atoms with Crippen molar-refractivity contribution in [3.63, 3.8) is 0 Å². The summed E-state index contributed by atoms with van der Waals surface area (Å²) in [6.07, 6.45) is -1.44. The second-order valence-electron chi connectivity index (χ2n) is 3.78. The van der Waals surface area contributed by atoms with Crippen LogP contribution in [0.5, 0.6) is 5.75 Å². The largest absolute Gasteiger partial charge is 0.478 e. The molecule has 2 N–H and O–H groups in total. The van der Waals surface area contributed by atoms with Gasteiger partial charge in [0, 0.05) is 6.54 Å². The molecular weight excluding hydrogens is 225 g/mol. The first-order valence-electron chi connectivity index (χ1n) is 5.37. The van der Waals surface area contributed by atoms with E-state index in [4.69, 9.17) is 9.84 Å². The zero-order valence-corrected chi connectivity index (χ0v) is 9.81. The number of ether oxygens (including phenoxy) is 1. The van der Waals surface area contributed by atoms with Gasteiger partial charge < -0.3 is 15.2 Å². The number of hydrogen-bond acceptors (Lipinski definition) is 3. The smallest absolute Gasteiger partial charge is 0.260 e. The Kier molecular flexibility index (Phi) is 4.90. The van der Waals surface area contributed by atoms with Crippen molar-refractivity contribution in [1.82, 2.24) is 5.32 Å². The molecule has 0 aliphatic heterocycles. The van der Waals surface area contributed by atoms with Crippen molar-refractivity contribution in [2.45, 2.75) is 26.1 Å². The first kappa shape index (κ1) is 13.4. The monoisotopic (exact) mass is 241 g/mol. The van der Waals surface area contributed by atoms with Crippen LogP contribution in [0, 0.1) is 5.82 Å². The number of benzene rings is 1. The highest BCUT2D eigenvalue weighted by molar-refractivity contribution is 5.80. The average molecular weight is 241 g/mol. The van der Waals surface area contributed by atoms with Crippen molar-refractivity contribution in [3.8, 4) is 5.75 Å². The van der Waals surface area contributed by atoms with Crippen molar-refractivity contribution in [3.05, 3.63) is 30.1 Å². The lowest BCUT2D eigenvalue weighted by atomic mass is 10.3. The summed E-state index contributed by atoms with van der Waals surface area (Å²) < 4.78 is 18.4. The Bertz CT molecular complexity index is 382. The average Bonchev–Trinajstić information content (AvgIpc) is 2.28. The van der Waals surface area contributed by atoms with E-state index in [-0.39, 0.29) is 12.3 Å². The molecule has 2 atom stereocenters. The van der Waals surface area contributed by atoms with Gasteiger partial charge in [0.1, 0.15) is 0 Å². The number of aliphatic hydroxyl groups is 1. The maximum Gasteiger partial charge on any atom is 0.260 e. The van der Waals surface area contributed by atoms with Crippen LogP contribution in [0.15, 0.2) is 24.3 Å². The van der Waals surface area contributed by atoms with Crippen molar-refractivity contribution in [2.75, 3.05) is 6.54 Å². The molecule has 1 aromatic rings. The standard InChI is InChI=1S/C12H16FNO3/c1-8(15)7-14-12(16)9(2)17-11-6-4-3-5-10(11)13/h3-6,8-9,15H,7H2,1-2H3,(H,14,16). The van der Waals surface area contributed by atoms with E-state index < -0.39 is 23.9 Å². The lowest BCUT2D eigenvalue weighted by Crippen LogP contribution is -2.39. The van der Waals surface area contributed by atoms with E-state index in [9.17, 15) is 9.18 Å². The summed E-state index contributed by atoms with van der Waals surface area (Å²) in [6, 6.07) is 5.88. The Morgan fingerprint density at radius 2 is 2.12 bits per heavy atom. The molecule has 2 unspecified atom stereocenters. The molecule has 0 aliphatic carbocycles. The fourth-order valence-electron chi connectivity index (χ4n) is 1.18.